The van der Waals surface area contributed by atoms with Crippen molar-refractivity contribution in [2.75, 3.05) is 11.5 Å². The predicted molar refractivity (Wildman–Crippen MR) is 59.1 cm³/mol. The summed E-state index contributed by atoms with van der Waals surface area (Å²) in [5, 5.41) is 8.85. The predicted octanol–water partition coefficient (Wildman–Crippen LogP) is 2.34. The highest BCUT2D eigenvalue weighted by Crippen LogP contribution is 2.29. The van der Waals surface area contributed by atoms with Crippen LogP contribution in [-0.2, 0) is 0 Å². The van der Waals surface area contributed by atoms with Crippen LogP contribution in [0.2, 0.25) is 0 Å². The summed E-state index contributed by atoms with van der Waals surface area (Å²) in [4.78, 5) is 0. The lowest BCUT2D eigenvalue weighted by Crippen LogP contribution is -1.98. The van der Waals surface area contributed by atoms with Crippen molar-refractivity contribution in [2.24, 2.45) is 5.92 Å². The second-order valence-corrected chi connectivity index (χ2v) is 4.80. The maximum atomic E-state index is 5.46. The molecule has 0 atom stereocenters. The molecule has 1 heterocycles. The van der Waals surface area contributed by atoms with Gasteiger partial charge in [0.25, 0.3) is 0 Å². The van der Waals surface area contributed by atoms with E-state index in [4.69, 9.17) is 5.73 Å². The first-order valence-corrected chi connectivity index (χ1v) is 6.05. The molecule has 0 spiro atoms. The van der Waals surface area contributed by atoms with E-state index in [1.165, 1.54) is 31.4 Å². The van der Waals surface area contributed by atoms with Gasteiger partial charge in [-0.25, -0.2) is 0 Å². The molecule has 1 aliphatic rings. The standard InChI is InChI=1S/C10H15N3S/c11-9-5-6-10(13-12-9)14-7-8-3-1-2-4-8/h5-6,8H,1-4,7H2,(H2,11,12). The molecule has 2 rings (SSSR count). The Morgan fingerprint density at radius 3 is 2.71 bits per heavy atom. The zero-order valence-corrected chi connectivity index (χ0v) is 8.96. The topological polar surface area (TPSA) is 51.8 Å². The Morgan fingerprint density at radius 2 is 2.07 bits per heavy atom. The molecule has 3 nitrogen and oxygen atoms in total. The fourth-order valence-electron chi connectivity index (χ4n) is 1.79. The largest absolute Gasteiger partial charge is 0.382 e. The Morgan fingerprint density at radius 1 is 1.29 bits per heavy atom. The van der Waals surface area contributed by atoms with E-state index in [9.17, 15) is 0 Å². The van der Waals surface area contributed by atoms with Crippen LogP contribution in [0.3, 0.4) is 0 Å². The van der Waals surface area contributed by atoms with Crippen molar-refractivity contribution < 1.29 is 0 Å². The molecule has 0 unspecified atom stereocenters. The summed E-state index contributed by atoms with van der Waals surface area (Å²) >= 11 is 1.80. The molecule has 1 aliphatic carbocycles. The average molecular weight is 209 g/mol. The third-order valence-electron chi connectivity index (χ3n) is 2.60. The van der Waals surface area contributed by atoms with Crippen LogP contribution in [0.5, 0.6) is 0 Å². The average Bonchev–Trinajstić information content (AvgIpc) is 2.70. The van der Waals surface area contributed by atoms with Crippen LogP contribution in [-0.4, -0.2) is 16.0 Å². The SMILES string of the molecule is Nc1ccc(SCC2CCCC2)nn1. The first-order chi connectivity index (χ1) is 6.84. The molecule has 0 saturated heterocycles. The Kier molecular flexibility index (Phi) is 3.24. The molecule has 2 N–H and O–H groups in total. The summed E-state index contributed by atoms with van der Waals surface area (Å²) in [5.74, 6) is 2.56. The van der Waals surface area contributed by atoms with Crippen molar-refractivity contribution >= 4 is 17.6 Å². The Hall–Kier alpha value is -0.770. The third-order valence-corrected chi connectivity index (χ3v) is 3.75. The van der Waals surface area contributed by atoms with Crippen molar-refractivity contribution in [3.05, 3.63) is 12.1 Å². The van der Waals surface area contributed by atoms with Gasteiger partial charge in [0.15, 0.2) is 0 Å². The number of nitrogens with two attached hydrogens (primary N) is 1. The molecule has 1 aromatic heterocycles. The van der Waals surface area contributed by atoms with Crippen molar-refractivity contribution in [1.29, 1.82) is 0 Å². The van der Waals surface area contributed by atoms with Gasteiger partial charge >= 0.3 is 0 Å². The van der Waals surface area contributed by atoms with E-state index in [-0.39, 0.29) is 0 Å². The van der Waals surface area contributed by atoms with E-state index < -0.39 is 0 Å². The van der Waals surface area contributed by atoms with Crippen molar-refractivity contribution in [3.63, 3.8) is 0 Å². The number of nitrogen functional groups attached to an aromatic ring is 1. The van der Waals surface area contributed by atoms with Crippen LogP contribution in [0, 0.1) is 5.92 Å². The second kappa shape index (κ2) is 4.64. The van der Waals surface area contributed by atoms with Crippen LogP contribution in [0.25, 0.3) is 0 Å². The number of nitrogens with zero attached hydrogens (tertiary/aromatic N) is 2. The zero-order chi connectivity index (χ0) is 9.80. The van der Waals surface area contributed by atoms with Gasteiger partial charge in [-0.05, 0) is 30.9 Å². The monoisotopic (exact) mass is 209 g/mol. The van der Waals surface area contributed by atoms with Gasteiger partial charge in [-0.3, -0.25) is 0 Å². The van der Waals surface area contributed by atoms with Crippen LogP contribution >= 0.6 is 11.8 Å². The quantitative estimate of drug-likeness (QED) is 0.776. The number of rotatable bonds is 3. The summed E-state index contributed by atoms with van der Waals surface area (Å²) in [5.41, 5.74) is 5.46. The van der Waals surface area contributed by atoms with E-state index in [1.54, 1.807) is 11.8 Å². The highest BCUT2D eigenvalue weighted by molar-refractivity contribution is 7.99. The van der Waals surface area contributed by atoms with Gasteiger partial charge in [0.2, 0.25) is 0 Å². The van der Waals surface area contributed by atoms with Crippen LogP contribution in [0.4, 0.5) is 5.82 Å². The fraction of sp³-hybridized carbons (Fsp3) is 0.600. The second-order valence-electron chi connectivity index (χ2n) is 3.76. The summed E-state index contributed by atoms with van der Waals surface area (Å²) in [6, 6.07) is 3.76. The lowest BCUT2D eigenvalue weighted by molar-refractivity contribution is 0.622. The molecule has 76 valence electrons. The maximum Gasteiger partial charge on any atom is 0.146 e. The van der Waals surface area contributed by atoms with Gasteiger partial charge in [0, 0.05) is 5.75 Å². The molecule has 0 aromatic carbocycles. The molecule has 0 aliphatic heterocycles. The lowest BCUT2D eigenvalue weighted by atomic mass is 10.1. The summed E-state index contributed by atoms with van der Waals surface area (Å²) < 4.78 is 0. The minimum Gasteiger partial charge on any atom is -0.382 e. The van der Waals surface area contributed by atoms with E-state index >= 15 is 0 Å². The van der Waals surface area contributed by atoms with Crippen LogP contribution in [0.15, 0.2) is 17.2 Å². The van der Waals surface area contributed by atoms with Crippen LogP contribution < -0.4 is 5.73 Å². The molecule has 0 radical (unpaired) electrons. The first-order valence-electron chi connectivity index (χ1n) is 5.06. The fourth-order valence-corrected chi connectivity index (χ4v) is 2.79. The van der Waals surface area contributed by atoms with Crippen molar-refractivity contribution in [2.45, 2.75) is 30.7 Å². The third kappa shape index (κ3) is 2.61. The highest BCUT2D eigenvalue weighted by Gasteiger charge is 2.15. The molecule has 14 heavy (non-hydrogen) atoms. The Bertz CT molecular complexity index is 280. The smallest absolute Gasteiger partial charge is 0.146 e. The molecule has 4 heteroatoms. The molecular weight excluding hydrogens is 194 g/mol. The molecular formula is C10H15N3S. The van der Waals surface area contributed by atoms with E-state index in [1.807, 2.05) is 12.1 Å². The summed E-state index contributed by atoms with van der Waals surface area (Å²) in [7, 11) is 0. The maximum absolute atomic E-state index is 5.46. The molecule has 1 fully saturated rings. The minimum absolute atomic E-state index is 0.496. The minimum atomic E-state index is 0.496. The first kappa shape index (κ1) is 9.77. The van der Waals surface area contributed by atoms with Crippen molar-refractivity contribution in [3.8, 4) is 0 Å². The summed E-state index contributed by atoms with van der Waals surface area (Å²) in [6.45, 7) is 0. The van der Waals surface area contributed by atoms with Gasteiger partial charge in [0.05, 0.1) is 0 Å². The van der Waals surface area contributed by atoms with E-state index in [0.29, 0.717) is 5.82 Å². The zero-order valence-electron chi connectivity index (χ0n) is 8.15. The van der Waals surface area contributed by atoms with Crippen LogP contribution in [0.1, 0.15) is 25.7 Å². The van der Waals surface area contributed by atoms with Gasteiger partial charge in [-0.2, -0.15) is 0 Å². The van der Waals surface area contributed by atoms with Gasteiger partial charge in [-0.1, -0.05) is 12.8 Å². The van der Waals surface area contributed by atoms with E-state index in [0.717, 1.165) is 10.9 Å². The highest BCUT2D eigenvalue weighted by atomic mass is 32.2. The van der Waals surface area contributed by atoms with Gasteiger partial charge in [0.1, 0.15) is 10.8 Å². The van der Waals surface area contributed by atoms with E-state index in [2.05, 4.69) is 10.2 Å². The van der Waals surface area contributed by atoms with Gasteiger partial charge < -0.3 is 5.73 Å². The Balaban J connectivity index is 1.82. The number of aromatic nitrogens is 2. The number of thioether (sulfide) groups is 1. The number of hydrogen-bond donors (Lipinski definition) is 1. The summed E-state index contributed by atoms with van der Waals surface area (Å²) in [6.07, 6.45) is 5.57. The number of hydrogen-bond acceptors (Lipinski definition) is 4. The molecule has 1 aromatic rings. The lowest BCUT2D eigenvalue weighted by Gasteiger charge is -2.06. The normalized spacial score (nSPS) is 17.4. The molecule has 0 bridgehead atoms. The van der Waals surface area contributed by atoms with Crippen molar-refractivity contribution in [1.82, 2.24) is 10.2 Å². The Labute approximate surface area is 88.5 Å². The molecule has 1 saturated carbocycles. The van der Waals surface area contributed by atoms with Gasteiger partial charge in [-0.15, -0.1) is 22.0 Å². The molecule has 0 amide bonds. The number of anilines is 1.